The predicted octanol–water partition coefficient (Wildman–Crippen LogP) is 1.68. The molecular formula is C27H33Cl2SiZr. The summed E-state index contributed by atoms with van der Waals surface area (Å²) in [6.07, 6.45) is 2.53. The van der Waals surface area contributed by atoms with E-state index in [1.807, 2.05) is 3.28 Å². The second kappa shape index (κ2) is 10.5. The second-order valence-electron chi connectivity index (χ2n) is 9.17. The number of hydrogen-bond donors (Lipinski definition) is 0. The third-order valence-corrected chi connectivity index (χ3v) is 28.4. The topological polar surface area (TPSA) is 0 Å². The van der Waals surface area contributed by atoms with Crippen molar-refractivity contribution in [3.05, 3.63) is 85.2 Å². The maximum atomic E-state index is 2.64. The van der Waals surface area contributed by atoms with Crippen molar-refractivity contribution in [1.29, 1.82) is 0 Å². The molecule has 2 aliphatic carbocycles. The Morgan fingerprint density at radius 3 is 2.00 bits per heavy atom. The summed E-state index contributed by atoms with van der Waals surface area (Å²) in [4.78, 5) is 0. The predicted molar refractivity (Wildman–Crippen MR) is 127 cm³/mol. The van der Waals surface area contributed by atoms with E-state index in [2.05, 4.69) is 102 Å². The van der Waals surface area contributed by atoms with Crippen LogP contribution in [0.4, 0.5) is 0 Å². The number of rotatable bonds is 4. The van der Waals surface area contributed by atoms with Gasteiger partial charge in [0.25, 0.3) is 0 Å². The summed E-state index contributed by atoms with van der Waals surface area (Å²) in [5.41, 5.74) is 12.4. The van der Waals surface area contributed by atoms with Crippen molar-refractivity contribution >= 4 is 12.0 Å². The quantitative estimate of drug-likeness (QED) is 0.512. The normalized spacial score (nSPS) is 19.8. The third-order valence-electron chi connectivity index (χ3n) is 7.25. The van der Waals surface area contributed by atoms with Crippen molar-refractivity contribution in [2.75, 3.05) is 0 Å². The molecule has 2 aromatic rings. The number of allylic oxidation sites excluding steroid dienone is 5. The minimum atomic E-state index is -1.85. The molecule has 2 aromatic carbocycles. The van der Waals surface area contributed by atoms with Crippen LogP contribution in [0.15, 0.2) is 74.1 Å². The van der Waals surface area contributed by atoms with E-state index in [1.54, 1.807) is 27.9 Å². The van der Waals surface area contributed by atoms with Gasteiger partial charge in [-0.3, -0.25) is 0 Å². The van der Waals surface area contributed by atoms with E-state index in [4.69, 9.17) is 0 Å². The fourth-order valence-corrected chi connectivity index (χ4v) is 28.5. The van der Waals surface area contributed by atoms with Gasteiger partial charge in [0.2, 0.25) is 0 Å². The van der Waals surface area contributed by atoms with E-state index in [0.717, 1.165) is 3.63 Å². The number of hydrogen-bond acceptors (Lipinski definition) is 0. The molecule has 2 aliphatic rings. The maximum absolute atomic E-state index is 2.64. The van der Waals surface area contributed by atoms with Crippen LogP contribution < -0.4 is 24.8 Å². The van der Waals surface area contributed by atoms with Crippen LogP contribution in [0.3, 0.4) is 0 Å². The van der Waals surface area contributed by atoms with E-state index < -0.39 is 26.8 Å². The summed E-state index contributed by atoms with van der Waals surface area (Å²) in [6.45, 7) is 17.3. The molecule has 4 rings (SSSR count). The van der Waals surface area contributed by atoms with E-state index in [0.29, 0.717) is 5.92 Å². The summed E-state index contributed by atoms with van der Waals surface area (Å²) < 4.78 is 2.66. The minimum absolute atomic E-state index is 0. The molecule has 0 aromatic heterocycles. The van der Waals surface area contributed by atoms with Gasteiger partial charge in [0, 0.05) is 0 Å². The van der Waals surface area contributed by atoms with Crippen LogP contribution in [0.25, 0.3) is 17.2 Å². The first-order valence-electron chi connectivity index (χ1n) is 10.9. The zero-order valence-corrected chi connectivity index (χ0v) is 24.8. The molecule has 163 valence electrons. The summed E-state index contributed by atoms with van der Waals surface area (Å²) in [6, 6.07) is 18.0. The number of halogens is 2. The second-order valence-corrected chi connectivity index (χ2v) is 28.7. The molecule has 0 fully saturated rings. The Labute approximate surface area is 210 Å². The Hall–Kier alpha value is -0.660. The Morgan fingerprint density at radius 1 is 0.806 bits per heavy atom. The maximum Gasteiger partial charge on any atom is -1.00 e. The van der Waals surface area contributed by atoms with Crippen molar-refractivity contribution < 1.29 is 45.7 Å². The van der Waals surface area contributed by atoms with Crippen LogP contribution >= 0.6 is 0 Å². The first kappa shape index (κ1) is 26.6. The van der Waals surface area contributed by atoms with Gasteiger partial charge in [0.1, 0.15) is 0 Å². The molecule has 0 nitrogen and oxygen atoms in total. The van der Waals surface area contributed by atoms with Crippen molar-refractivity contribution in [1.82, 2.24) is 0 Å². The molecule has 0 bridgehead atoms. The van der Waals surface area contributed by atoms with Crippen LogP contribution in [-0.2, 0) is 20.9 Å². The van der Waals surface area contributed by atoms with Gasteiger partial charge in [-0.15, -0.1) is 0 Å². The van der Waals surface area contributed by atoms with Gasteiger partial charge in [0.15, 0.2) is 0 Å². The number of benzene rings is 2. The molecule has 0 saturated heterocycles. The van der Waals surface area contributed by atoms with E-state index in [-0.39, 0.29) is 24.8 Å². The molecule has 0 spiro atoms. The summed E-state index contributed by atoms with van der Waals surface area (Å²) in [7, 11) is 0. The molecule has 0 aliphatic heterocycles. The zero-order valence-electron chi connectivity index (χ0n) is 19.7. The van der Waals surface area contributed by atoms with Gasteiger partial charge < -0.3 is 24.8 Å². The molecular weight excluding hydrogens is 515 g/mol. The van der Waals surface area contributed by atoms with Gasteiger partial charge >= 0.3 is 187 Å². The first-order valence-corrected chi connectivity index (χ1v) is 20.7. The molecule has 2 unspecified atom stereocenters. The van der Waals surface area contributed by atoms with Crippen LogP contribution in [0, 0.1) is 5.92 Å². The zero-order chi connectivity index (χ0) is 20.9. The molecule has 31 heavy (non-hydrogen) atoms. The van der Waals surface area contributed by atoms with Crippen LogP contribution in [-0.4, -0.2) is 5.92 Å². The smallest absolute Gasteiger partial charge is 1.00 e. The largest absolute Gasteiger partial charge is 1.00 e. The number of fused-ring (bicyclic) bond motifs is 1. The van der Waals surface area contributed by atoms with Gasteiger partial charge in [-0.05, 0) is 0 Å². The molecule has 0 saturated carbocycles. The molecule has 2 atom stereocenters. The van der Waals surface area contributed by atoms with Crippen LogP contribution in [0.5, 0.6) is 0 Å². The van der Waals surface area contributed by atoms with Crippen LogP contribution in [0.1, 0.15) is 49.4 Å². The summed E-state index contributed by atoms with van der Waals surface area (Å²) in [5.74, 6) is -0.0643. The first-order chi connectivity index (χ1) is 13.8. The van der Waals surface area contributed by atoms with Crippen LogP contribution in [0.2, 0.25) is 13.1 Å². The Morgan fingerprint density at radius 2 is 1.45 bits per heavy atom. The third kappa shape index (κ3) is 4.56. The molecule has 4 heteroatoms. The summed E-state index contributed by atoms with van der Waals surface area (Å²) in [5, 5.41) is 0. The average molecular weight is 548 g/mol. The van der Waals surface area contributed by atoms with Crippen molar-refractivity contribution in [2.45, 2.75) is 51.3 Å². The Kier molecular flexibility index (Phi) is 9.02. The standard InChI is InChI=1S/C16H13.C9H13.C2H7Si.2ClH.Zr/c1-12-10-14-8-5-9-15(16(14)11-12)13-6-3-2-4-7-13;1-6-5-7(2)9(4)8(6)3;1-3-2;;;/h2-11H,1H3;6H,1-4H3;3H,1-2H3;2*1H;/q;;;;;+2/p-2. The van der Waals surface area contributed by atoms with E-state index in [9.17, 15) is 0 Å². The van der Waals surface area contributed by atoms with Crippen molar-refractivity contribution in [2.24, 2.45) is 5.92 Å². The average Bonchev–Trinajstić information content (AvgIpc) is 3.13. The van der Waals surface area contributed by atoms with Crippen molar-refractivity contribution in [3.63, 3.8) is 0 Å². The minimum Gasteiger partial charge on any atom is -1.00 e. The fraction of sp³-hybridized carbons (Fsp3) is 0.333. The van der Waals surface area contributed by atoms with E-state index >= 15 is 0 Å². The molecule has 0 radical (unpaired) electrons. The van der Waals surface area contributed by atoms with Crippen molar-refractivity contribution in [3.8, 4) is 11.1 Å². The molecule has 0 amide bonds. The van der Waals surface area contributed by atoms with Gasteiger partial charge in [-0.1, -0.05) is 0 Å². The van der Waals surface area contributed by atoms with Gasteiger partial charge in [-0.2, -0.15) is 0 Å². The SMILES string of the molecule is CC1=Cc2c(-c3ccccc3)cccc2[CH]1[Zr+2]([C]1=C(C)C(C)=C(C)C1C)[SiH](C)C.[Cl-].[Cl-]. The Balaban J connectivity index is 0.00000171. The van der Waals surface area contributed by atoms with E-state index in [1.165, 1.54) is 16.7 Å². The van der Waals surface area contributed by atoms with Gasteiger partial charge in [-0.25, -0.2) is 0 Å². The molecule has 0 heterocycles. The molecule has 0 N–H and O–H groups in total. The van der Waals surface area contributed by atoms with Gasteiger partial charge in [0.05, 0.1) is 0 Å². The fourth-order valence-electron chi connectivity index (χ4n) is 5.46. The Bertz CT molecular complexity index is 1050. The monoisotopic (exact) mass is 545 g/mol. The summed E-state index contributed by atoms with van der Waals surface area (Å²) >= 11 is -1.85.